The first-order chi connectivity index (χ1) is 9.42. The van der Waals surface area contributed by atoms with Crippen molar-refractivity contribution in [3.05, 3.63) is 29.1 Å². The zero-order valence-corrected chi connectivity index (χ0v) is 11.6. The lowest BCUT2D eigenvalue weighted by Crippen LogP contribution is -2.29. The fourth-order valence-corrected chi connectivity index (χ4v) is 2.34. The zero-order valence-electron chi connectivity index (χ0n) is 10.8. The summed E-state index contributed by atoms with van der Waals surface area (Å²) in [6, 6.07) is 1.47. The topological polar surface area (TPSA) is 89.3 Å². The number of halogens is 4. The molecule has 0 fully saturated rings. The summed E-state index contributed by atoms with van der Waals surface area (Å²) in [5.74, 6) is -2.20. The second-order valence-electron chi connectivity index (χ2n) is 4.26. The van der Waals surface area contributed by atoms with Crippen LogP contribution in [-0.4, -0.2) is 27.0 Å². The molecule has 0 bridgehead atoms. The van der Waals surface area contributed by atoms with Crippen LogP contribution in [0, 0.1) is 12.7 Å². The van der Waals surface area contributed by atoms with Crippen LogP contribution < -0.4 is 10.5 Å². The zero-order chi connectivity index (χ0) is 16.4. The van der Waals surface area contributed by atoms with Crippen molar-refractivity contribution in [2.45, 2.75) is 24.4 Å². The Morgan fingerprint density at radius 3 is 2.38 bits per heavy atom. The van der Waals surface area contributed by atoms with Gasteiger partial charge in [0.05, 0.1) is 16.9 Å². The molecule has 0 aliphatic rings. The first-order valence-electron chi connectivity index (χ1n) is 5.60. The fraction of sp³-hybridized carbons (Fsp3) is 0.364. The summed E-state index contributed by atoms with van der Waals surface area (Å²) >= 11 is 0. The number of nitrogens with one attached hydrogen (secondary N) is 1. The van der Waals surface area contributed by atoms with Gasteiger partial charge in [0, 0.05) is 6.54 Å². The number of alkyl halides is 3. The highest BCUT2D eigenvalue weighted by atomic mass is 32.2. The average Bonchev–Trinajstić information content (AvgIpc) is 2.24. The molecule has 1 aromatic rings. The standard InChI is InChI=1S/C11H12F4N2O3S/c1-6-4-8(12)7(5-9(6)21(16,19)20)10(18)17-3-2-11(13,14)15/h4-5H,2-3H2,1H3,(H,17,18)(H2,16,19,20). The number of hydrogen-bond acceptors (Lipinski definition) is 3. The number of benzene rings is 1. The van der Waals surface area contributed by atoms with Gasteiger partial charge in [-0.3, -0.25) is 4.79 Å². The van der Waals surface area contributed by atoms with E-state index in [0.29, 0.717) is 6.07 Å². The van der Waals surface area contributed by atoms with Crippen molar-refractivity contribution in [3.63, 3.8) is 0 Å². The van der Waals surface area contributed by atoms with Crippen LogP contribution in [0.25, 0.3) is 0 Å². The quantitative estimate of drug-likeness (QED) is 0.820. The second-order valence-corrected chi connectivity index (χ2v) is 5.79. The van der Waals surface area contributed by atoms with Gasteiger partial charge in [0.2, 0.25) is 10.0 Å². The SMILES string of the molecule is Cc1cc(F)c(C(=O)NCCC(F)(F)F)cc1S(N)(=O)=O. The van der Waals surface area contributed by atoms with E-state index in [1.54, 1.807) is 0 Å². The minimum atomic E-state index is -4.47. The highest BCUT2D eigenvalue weighted by Gasteiger charge is 2.27. The molecule has 10 heteroatoms. The molecule has 0 spiro atoms. The van der Waals surface area contributed by atoms with E-state index in [1.165, 1.54) is 6.92 Å². The molecule has 1 rings (SSSR count). The van der Waals surface area contributed by atoms with Gasteiger partial charge in [-0.05, 0) is 24.6 Å². The molecule has 1 amide bonds. The van der Waals surface area contributed by atoms with Gasteiger partial charge < -0.3 is 5.32 Å². The molecule has 0 aliphatic heterocycles. The van der Waals surface area contributed by atoms with Crippen molar-refractivity contribution in [3.8, 4) is 0 Å². The Morgan fingerprint density at radius 2 is 1.90 bits per heavy atom. The van der Waals surface area contributed by atoms with Crippen LogP contribution in [0.15, 0.2) is 17.0 Å². The van der Waals surface area contributed by atoms with E-state index < -0.39 is 51.3 Å². The van der Waals surface area contributed by atoms with E-state index in [4.69, 9.17) is 5.14 Å². The number of carbonyl (C=O) groups excluding carboxylic acids is 1. The van der Waals surface area contributed by atoms with Crippen molar-refractivity contribution in [1.82, 2.24) is 5.32 Å². The molecule has 0 saturated heterocycles. The minimum Gasteiger partial charge on any atom is -0.352 e. The summed E-state index contributed by atoms with van der Waals surface area (Å²) in [4.78, 5) is 11.1. The number of amides is 1. The normalized spacial score (nSPS) is 12.3. The summed E-state index contributed by atoms with van der Waals surface area (Å²) in [6.45, 7) is 0.522. The predicted octanol–water partition coefficient (Wildman–Crippen LogP) is 1.46. The van der Waals surface area contributed by atoms with Crippen LogP contribution in [-0.2, 0) is 10.0 Å². The Morgan fingerprint density at radius 1 is 1.33 bits per heavy atom. The average molecular weight is 328 g/mol. The summed E-state index contributed by atoms with van der Waals surface area (Å²) < 4.78 is 72.0. The van der Waals surface area contributed by atoms with Gasteiger partial charge in [-0.15, -0.1) is 0 Å². The van der Waals surface area contributed by atoms with Crippen LogP contribution in [0.2, 0.25) is 0 Å². The Bertz CT molecular complexity index is 656. The number of carbonyl (C=O) groups is 1. The molecule has 0 saturated carbocycles. The smallest absolute Gasteiger partial charge is 0.352 e. The Labute approximate surface area is 118 Å². The van der Waals surface area contributed by atoms with Gasteiger partial charge in [-0.25, -0.2) is 17.9 Å². The first kappa shape index (κ1) is 17.4. The third-order valence-electron chi connectivity index (χ3n) is 2.51. The van der Waals surface area contributed by atoms with Crippen LogP contribution in [0.1, 0.15) is 22.3 Å². The highest BCUT2D eigenvalue weighted by molar-refractivity contribution is 7.89. The number of rotatable bonds is 4. The van der Waals surface area contributed by atoms with Crippen LogP contribution in [0.3, 0.4) is 0 Å². The van der Waals surface area contributed by atoms with Gasteiger partial charge in [-0.1, -0.05) is 0 Å². The predicted molar refractivity (Wildman–Crippen MR) is 65.5 cm³/mol. The lowest BCUT2D eigenvalue weighted by molar-refractivity contribution is -0.132. The molecular weight excluding hydrogens is 316 g/mol. The monoisotopic (exact) mass is 328 g/mol. The van der Waals surface area contributed by atoms with Gasteiger partial charge in [-0.2, -0.15) is 13.2 Å². The molecule has 0 aromatic heterocycles. The Kier molecular flexibility index (Phi) is 4.95. The maximum Gasteiger partial charge on any atom is 0.390 e. The number of aryl methyl sites for hydroxylation is 1. The number of primary sulfonamides is 1. The van der Waals surface area contributed by atoms with Gasteiger partial charge in [0.1, 0.15) is 5.82 Å². The van der Waals surface area contributed by atoms with E-state index in [1.807, 2.05) is 5.32 Å². The third kappa shape index (κ3) is 4.97. The van der Waals surface area contributed by atoms with E-state index in [9.17, 15) is 30.8 Å². The Hall–Kier alpha value is -1.68. The fourth-order valence-electron chi connectivity index (χ4n) is 1.55. The van der Waals surface area contributed by atoms with E-state index in [-0.39, 0.29) is 5.56 Å². The highest BCUT2D eigenvalue weighted by Crippen LogP contribution is 2.20. The summed E-state index contributed by atoms with van der Waals surface area (Å²) in [5.41, 5.74) is -0.700. The molecule has 1 aromatic carbocycles. The number of nitrogens with two attached hydrogens (primary N) is 1. The van der Waals surface area contributed by atoms with E-state index >= 15 is 0 Å². The molecule has 0 heterocycles. The lowest BCUT2D eigenvalue weighted by atomic mass is 10.1. The van der Waals surface area contributed by atoms with Crippen molar-refractivity contribution < 1.29 is 30.8 Å². The van der Waals surface area contributed by atoms with Crippen LogP contribution in [0.4, 0.5) is 17.6 Å². The van der Waals surface area contributed by atoms with Gasteiger partial charge in [0.15, 0.2) is 0 Å². The molecule has 21 heavy (non-hydrogen) atoms. The first-order valence-corrected chi connectivity index (χ1v) is 7.14. The van der Waals surface area contributed by atoms with Crippen molar-refractivity contribution in [2.24, 2.45) is 5.14 Å². The molecule has 3 N–H and O–H groups in total. The van der Waals surface area contributed by atoms with Gasteiger partial charge >= 0.3 is 6.18 Å². The number of hydrogen-bond donors (Lipinski definition) is 2. The van der Waals surface area contributed by atoms with E-state index in [2.05, 4.69) is 0 Å². The third-order valence-corrected chi connectivity index (χ3v) is 3.56. The number of sulfonamides is 1. The molecule has 0 unspecified atom stereocenters. The van der Waals surface area contributed by atoms with E-state index in [0.717, 1.165) is 6.07 Å². The van der Waals surface area contributed by atoms with Crippen molar-refractivity contribution in [2.75, 3.05) is 6.54 Å². The maximum absolute atomic E-state index is 13.6. The second kappa shape index (κ2) is 5.98. The maximum atomic E-state index is 13.6. The summed E-state index contributed by atoms with van der Waals surface area (Å²) in [5, 5.41) is 6.76. The lowest BCUT2D eigenvalue weighted by Gasteiger charge is -2.10. The molecule has 118 valence electrons. The summed E-state index contributed by atoms with van der Waals surface area (Å²) in [7, 11) is -4.18. The van der Waals surface area contributed by atoms with Crippen LogP contribution in [0.5, 0.6) is 0 Å². The van der Waals surface area contributed by atoms with Crippen molar-refractivity contribution >= 4 is 15.9 Å². The molecule has 0 aliphatic carbocycles. The Balaban J connectivity index is 3.00. The summed E-state index contributed by atoms with van der Waals surface area (Å²) in [6.07, 6.45) is -5.75. The molecular formula is C11H12F4N2O3S. The molecule has 0 radical (unpaired) electrons. The van der Waals surface area contributed by atoms with Gasteiger partial charge in [0.25, 0.3) is 5.91 Å². The molecule has 5 nitrogen and oxygen atoms in total. The largest absolute Gasteiger partial charge is 0.390 e. The van der Waals surface area contributed by atoms with Crippen LogP contribution >= 0.6 is 0 Å². The van der Waals surface area contributed by atoms with Crippen molar-refractivity contribution in [1.29, 1.82) is 0 Å². The minimum absolute atomic E-state index is 0.0122. The molecule has 0 atom stereocenters.